The fourth-order valence-corrected chi connectivity index (χ4v) is 4.92. The number of non-ortho nitro benzene ring substituents is 2. The molecule has 0 spiro atoms. The van der Waals surface area contributed by atoms with Crippen molar-refractivity contribution in [3.8, 4) is 11.5 Å². The lowest BCUT2D eigenvalue weighted by molar-refractivity contribution is -0.385. The van der Waals surface area contributed by atoms with Crippen molar-refractivity contribution in [2.45, 2.75) is 12.8 Å². The SMILES string of the molecule is C1CCOC1.O=C(Nc1ccc([N+](=O)[O-])cc1Cl)c1cc(Cl)ccc1O.O=C(Nc1ccc([N+](=O)[O-])cc1Cl)c1cc(Cl)ccc1OCCBr.OCCBr. The summed E-state index contributed by atoms with van der Waals surface area (Å²) in [6, 6.07) is 16.1. The molecule has 0 aromatic heterocycles. The Balaban J connectivity index is 0.000000305. The number of nitrogens with one attached hydrogen (secondary N) is 2. The van der Waals surface area contributed by atoms with Gasteiger partial charge in [0.2, 0.25) is 0 Å². The Bertz CT molecular complexity index is 1900. The van der Waals surface area contributed by atoms with Crippen molar-refractivity contribution < 1.29 is 39.1 Å². The minimum Gasteiger partial charge on any atom is -0.507 e. The number of benzene rings is 4. The van der Waals surface area contributed by atoms with Crippen LogP contribution in [-0.2, 0) is 4.74 Å². The van der Waals surface area contributed by atoms with Crippen molar-refractivity contribution in [1.82, 2.24) is 0 Å². The average molecular weight is 958 g/mol. The summed E-state index contributed by atoms with van der Waals surface area (Å²) in [6.07, 6.45) is 2.56. The molecule has 4 N–H and O–H groups in total. The Hall–Kier alpha value is -3.74. The van der Waals surface area contributed by atoms with Crippen LogP contribution in [0.15, 0.2) is 72.8 Å². The summed E-state index contributed by atoms with van der Waals surface area (Å²) in [5, 5.41) is 45.8. The molecule has 20 heteroatoms. The van der Waals surface area contributed by atoms with Crippen LogP contribution in [-0.4, -0.2) is 69.0 Å². The number of carbonyl (C=O) groups excluding carboxylic acids is 2. The van der Waals surface area contributed by atoms with Crippen molar-refractivity contribution in [3.05, 3.63) is 124 Å². The quantitative estimate of drug-likeness (QED) is 0.0673. The van der Waals surface area contributed by atoms with E-state index < -0.39 is 21.7 Å². The van der Waals surface area contributed by atoms with E-state index in [1.165, 1.54) is 61.4 Å². The number of phenols is 1. The summed E-state index contributed by atoms with van der Waals surface area (Å²) in [7, 11) is 0. The first kappa shape index (κ1) is 46.4. The third-order valence-corrected chi connectivity index (χ3v) is 8.23. The number of amides is 2. The van der Waals surface area contributed by atoms with Crippen LogP contribution in [0.4, 0.5) is 22.7 Å². The number of aliphatic hydroxyl groups excluding tert-OH is 1. The molecule has 1 fully saturated rings. The summed E-state index contributed by atoms with van der Waals surface area (Å²) >= 11 is 29.8. The molecule has 2 amide bonds. The minimum absolute atomic E-state index is 0.0130. The number of ether oxygens (including phenoxy) is 2. The molecule has 0 bridgehead atoms. The van der Waals surface area contributed by atoms with E-state index in [1.807, 2.05) is 0 Å². The zero-order valence-electron chi connectivity index (χ0n) is 27.9. The van der Waals surface area contributed by atoms with Gasteiger partial charge in [0, 0.05) is 58.2 Å². The average Bonchev–Trinajstić information content (AvgIpc) is 3.74. The van der Waals surface area contributed by atoms with Crippen molar-refractivity contribution in [2.75, 3.05) is 47.7 Å². The minimum atomic E-state index is -0.634. The third kappa shape index (κ3) is 15.9. The lowest BCUT2D eigenvalue weighted by Crippen LogP contribution is -2.14. The number of halogens is 6. The number of hydrogen-bond donors (Lipinski definition) is 4. The molecule has 0 aliphatic carbocycles. The number of hydrogen-bond acceptors (Lipinski definition) is 10. The Labute approximate surface area is 346 Å². The highest BCUT2D eigenvalue weighted by Gasteiger charge is 2.18. The number of nitro benzene ring substituents is 2. The highest BCUT2D eigenvalue weighted by Crippen LogP contribution is 2.30. The van der Waals surface area contributed by atoms with Crippen LogP contribution in [0.5, 0.6) is 11.5 Å². The monoisotopic (exact) mass is 954 g/mol. The Morgan fingerprint density at radius 1 is 0.741 bits per heavy atom. The van der Waals surface area contributed by atoms with Gasteiger partial charge in [0.05, 0.1) is 55.6 Å². The normalized spacial score (nSPS) is 11.3. The molecule has 1 aliphatic rings. The van der Waals surface area contributed by atoms with Gasteiger partial charge in [-0.2, -0.15) is 0 Å². The summed E-state index contributed by atoms with van der Waals surface area (Å²) in [5.41, 5.74) is 0.283. The van der Waals surface area contributed by atoms with Gasteiger partial charge in [-0.05, 0) is 61.4 Å². The lowest BCUT2D eigenvalue weighted by Gasteiger charge is -2.12. The maximum absolute atomic E-state index is 12.5. The second-order valence-electron chi connectivity index (χ2n) is 10.3. The van der Waals surface area contributed by atoms with Crippen LogP contribution in [0.2, 0.25) is 20.1 Å². The molecular weight excluding hydrogens is 926 g/mol. The van der Waals surface area contributed by atoms with Crippen LogP contribution in [0.25, 0.3) is 0 Å². The molecule has 0 saturated carbocycles. The van der Waals surface area contributed by atoms with E-state index in [1.54, 1.807) is 12.1 Å². The van der Waals surface area contributed by atoms with Gasteiger partial charge >= 0.3 is 0 Å². The van der Waals surface area contributed by atoms with Crippen molar-refractivity contribution >= 4 is 113 Å². The predicted molar refractivity (Wildman–Crippen MR) is 217 cm³/mol. The van der Waals surface area contributed by atoms with Crippen LogP contribution in [0.1, 0.15) is 33.6 Å². The van der Waals surface area contributed by atoms with Crippen LogP contribution < -0.4 is 15.4 Å². The number of nitro groups is 2. The molecule has 1 aliphatic heterocycles. The largest absolute Gasteiger partial charge is 0.507 e. The fraction of sp³-hybridized carbons (Fsp3) is 0.235. The molecule has 0 atom stereocenters. The van der Waals surface area contributed by atoms with Gasteiger partial charge in [0.15, 0.2) is 0 Å². The number of nitrogens with zero attached hydrogens (tertiary/aromatic N) is 2. The van der Waals surface area contributed by atoms with E-state index >= 15 is 0 Å². The zero-order valence-corrected chi connectivity index (χ0v) is 34.1. The van der Waals surface area contributed by atoms with Gasteiger partial charge in [-0.3, -0.25) is 29.8 Å². The molecule has 4 aromatic carbocycles. The first-order chi connectivity index (χ1) is 25.7. The van der Waals surface area contributed by atoms with E-state index in [0.29, 0.717) is 28.0 Å². The molecule has 0 unspecified atom stereocenters. The summed E-state index contributed by atoms with van der Waals surface area (Å²) < 4.78 is 10.4. The fourth-order valence-electron chi connectivity index (χ4n) is 3.97. The number of anilines is 2. The summed E-state index contributed by atoms with van der Waals surface area (Å²) in [5.74, 6) is -0.993. The third-order valence-electron chi connectivity index (χ3n) is 6.46. The topological polar surface area (TPSA) is 203 Å². The van der Waals surface area contributed by atoms with E-state index in [9.17, 15) is 34.9 Å². The van der Waals surface area contributed by atoms with Gasteiger partial charge < -0.3 is 30.3 Å². The first-order valence-electron chi connectivity index (χ1n) is 15.4. The zero-order chi connectivity index (χ0) is 40.2. The van der Waals surface area contributed by atoms with Gasteiger partial charge in [0.1, 0.15) is 11.5 Å². The van der Waals surface area contributed by atoms with Gasteiger partial charge in [-0.15, -0.1) is 0 Å². The number of aliphatic hydroxyl groups is 1. The molecule has 0 radical (unpaired) electrons. The molecule has 290 valence electrons. The number of aromatic hydroxyl groups is 1. The molecular formula is C34H32Br2Cl4N4O10. The highest BCUT2D eigenvalue weighted by atomic mass is 79.9. The smallest absolute Gasteiger partial charge is 0.271 e. The van der Waals surface area contributed by atoms with Crippen molar-refractivity contribution in [2.24, 2.45) is 0 Å². The summed E-state index contributed by atoms with van der Waals surface area (Å²) in [6.45, 7) is 2.61. The molecule has 14 nitrogen and oxygen atoms in total. The standard InChI is InChI=1S/C15H11BrCl2N2O4.C13H8Cl2N2O4.C4H8O.C2H5BrO/c16-5-6-24-14-4-1-9(17)7-11(14)15(21)19-13-3-2-10(20(22)23)8-12(13)18;14-7-1-4-12(18)9(5-7)13(19)16-11-3-2-8(17(20)21)6-10(11)15;1-2-4-5-3-1;3-1-2-4/h1-4,7-8H,5-6H2,(H,19,21);1-6,18H,(H,16,19);1-4H2;4H,1-2H2. The van der Waals surface area contributed by atoms with Crippen LogP contribution >= 0.6 is 78.3 Å². The number of phenolic OH excluding ortho intramolecular Hbond substituents is 1. The molecule has 4 aromatic rings. The Morgan fingerprint density at radius 2 is 1.20 bits per heavy atom. The first-order valence-corrected chi connectivity index (χ1v) is 19.2. The van der Waals surface area contributed by atoms with Gasteiger partial charge in [-0.1, -0.05) is 78.3 Å². The number of rotatable bonds is 10. The number of carbonyl (C=O) groups is 2. The van der Waals surface area contributed by atoms with Gasteiger partial charge in [0.25, 0.3) is 23.2 Å². The molecule has 54 heavy (non-hydrogen) atoms. The summed E-state index contributed by atoms with van der Waals surface area (Å²) in [4.78, 5) is 44.7. The predicted octanol–water partition coefficient (Wildman–Crippen LogP) is 9.96. The van der Waals surface area contributed by atoms with Crippen molar-refractivity contribution in [1.29, 1.82) is 0 Å². The second-order valence-corrected chi connectivity index (χ2v) is 13.6. The van der Waals surface area contributed by atoms with Gasteiger partial charge in [-0.25, -0.2) is 0 Å². The second kappa shape index (κ2) is 24.6. The van der Waals surface area contributed by atoms with E-state index in [-0.39, 0.29) is 61.3 Å². The molecule has 1 heterocycles. The van der Waals surface area contributed by atoms with Crippen LogP contribution in [0.3, 0.4) is 0 Å². The maximum Gasteiger partial charge on any atom is 0.271 e. The van der Waals surface area contributed by atoms with E-state index in [4.69, 9.17) is 61.0 Å². The lowest BCUT2D eigenvalue weighted by atomic mass is 10.1. The van der Waals surface area contributed by atoms with E-state index in [0.717, 1.165) is 25.3 Å². The molecule has 5 rings (SSSR count). The molecule has 1 saturated heterocycles. The van der Waals surface area contributed by atoms with Crippen molar-refractivity contribution in [3.63, 3.8) is 0 Å². The maximum atomic E-state index is 12.5. The van der Waals surface area contributed by atoms with E-state index in [2.05, 4.69) is 42.5 Å². The Morgan fingerprint density at radius 3 is 1.61 bits per heavy atom. The Kier molecular flexibility index (Phi) is 21.2. The van der Waals surface area contributed by atoms with Crippen LogP contribution in [0, 0.1) is 20.2 Å². The number of alkyl halides is 2. The highest BCUT2D eigenvalue weighted by molar-refractivity contribution is 9.09.